The molecule has 1 aliphatic carbocycles. The minimum absolute atomic E-state index is 0.206. The second-order valence-electron chi connectivity index (χ2n) is 8.14. The van der Waals surface area contributed by atoms with Crippen LogP contribution in [0.3, 0.4) is 0 Å². The fourth-order valence-electron chi connectivity index (χ4n) is 4.36. The molecule has 6 heteroatoms. The molecule has 4 aromatic rings. The number of benzene rings is 3. The summed E-state index contributed by atoms with van der Waals surface area (Å²) in [6, 6.07) is 20.6. The van der Waals surface area contributed by atoms with Gasteiger partial charge >= 0.3 is 0 Å². The Morgan fingerprint density at radius 3 is 2.70 bits per heavy atom. The van der Waals surface area contributed by atoms with Crippen LogP contribution >= 0.6 is 11.6 Å². The van der Waals surface area contributed by atoms with E-state index in [0.29, 0.717) is 16.3 Å². The Kier molecular flexibility index (Phi) is 5.88. The number of hydrogen-bond donors (Lipinski definition) is 2. The number of methoxy groups -OCH3 is 1. The Bertz CT molecular complexity index is 1350. The van der Waals surface area contributed by atoms with Crippen molar-refractivity contribution in [3.8, 4) is 5.75 Å². The summed E-state index contributed by atoms with van der Waals surface area (Å²) in [7, 11) is 1.67. The van der Waals surface area contributed by atoms with Gasteiger partial charge in [-0.2, -0.15) is 0 Å². The molecule has 1 aliphatic rings. The van der Waals surface area contributed by atoms with E-state index >= 15 is 0 Å². The first-order valence-electron chi connectivity index (χ1n) is 11.0. The number of halogens is 1. The van der Waals surface area contributed by atoms with Gasteiger partial charge in [0.05, 0.1) is 24.0 Å². The lowest BCUT2D eigenvalue weighted by Crippen LogP contribution is -2.12. The van der Waals surface area contributed by atoms with E-state index in [2.05, 4.69) is 10.6 Å². The molecule has 0 saturated carbocycles. The molecule has 0 unspecified atom stereocenters. The van der Waals surface area contributed by atoms with Crippen molar-refractivity contribution in [2.75, 3.05) is 17.7 Å². The van der Waals surface area contributed by atoms with Crippen LogP contribution in [0.4, 0.5) is 17.1 Å². The van der Waals surface area contributed by atoms with Gasteiger partial charge in [0.1, 0.15) is 5.75 Å². The van der Waals surface area contributed by atoms with Gasteiger partial charge in [0.2, 0.25) is 0 Å². The van der Waals surface area contributed by atoms with Gasteiger partial charge < -0.3 is 15.4 Å². The first kappa shape index (κ1) is 21.3. The van der Waals surface area contributed by atoms with Crippen LogP contribution in [-0.4, -0.2) is 18.0 Å². The minimum atomic E-state index is -0.206. The Morgan fingerprint density at radius 1 is 1.00 bits per heavy atom. The molecule has 0 saturated heterocycles. The second kappa shape index (κ2) is 9.12. The van der Waals surface area contributed by atoms with E-state index in [1.54, 1.807) is 31.4 Å². The molecule has 5 nitrogen and oxygen atoms in total. The molecular weight excluding hydrogens is 434 g/mol. The normalized spacial score (nSPS) is 12.8. The van der Waals surface area contributed by atoms with Crippen LogP contribution in [0.25, 0.3) is 10.9 Å². The van der Waals surface area contributed by atoms with Gasteiger partial charge in [-0.1, -0.05) is 29.8 Å². The summed E-state index contributed by atoms with van der Waals surface area (Å²) in [4.78, 5) is 17.7. The van der Waals surface area contributed by atoms with Gasteiger partial charge in [-0.05, 0) is 79.8 Å². The van der Waals surface area contributed by atoms with E-state index in [9.17, 15) is 4.79 Å². The van der Waals surface area contributed by atoms with Crippen molar-refractivity contribution < 1.29 is 9.53 Å². The molecule has 1 heterocycles. The summed E-state index contributed by atoms with van der Waals surface area (Å²) >= 11 is 6.05. The summed E-state index contributed by atoms with van der Waals surface area (Å²) < 4.78 is 5.56. The molecule has 0 radical (unpaired) electrons. The van der Waals surface area contributed by atoms with Gasteiger partial charge in [0, 0.05) is 27.4 Å². The number of para-hydroxylation sites is 2. The van der Waals surface area contributed by atoms with Gasteiger partial charge in [0.25, 0.3) is 5.91 Å². The predicted octanol–water partition coefficient (Wildman–Crippen LogP) is 6.77. The highest BCUT2D eigenvalue weighted by atomic mass is 35.5. The van der Waals surface area contributed by atoms with Crippen molar-refractivity contribution >= 4 is 45.5 Å². The first-order chi connectivity index (χ1) is 16.1. The van der Waals surface area contributed by atoms with Crippen molar-refractivity contribution in [3.63, 3.8) is 0 Å². The fraction of sp³-hybridized carbons (Fsp3) is 0.185. The molecule has 33 heavy (non-hydrogen) atoms. The molecule has 3 aromatic carbocycles. The van der Waals surface area contributed by atoms with E-state index in [1.807, 2.05) is 42.5 Å². The highest BCUT2D eigenvalue weighted by Crippen LogP contribution is 2.38. The molecule has 5 rings (SSSR count). The largest absolute Gasteiger partial charge is 0.495 e. The topological polar surface area (TPSA) is 63.2 Å². The number of anilines is 3. The van der Waals surface area contributed by atoms with E-state index in [0.717, 1.165) is 59.4 Å². The number of carbonyl (C=O) groups excluding carboxylic acids is 1. The van der Waals surface area contributed by atoms with Crippen LogP contribution < -0.4 is 15.4 Å². The maximum absolute atomic E-state index is 12.8. The molecule has 2 N–H and O–H groups in total. The van der Waals surface area contributed by atoms with Crippen LogP contribution in [-0.2, 0) is 12.8 Å². The number of nitrogens with one attached hydrogen (secondary N) is 2. The van der Waals surface area contributed by atoms with Crippen molar-refractivity contribution in [1.29, 1.82) is 0 Å². The highest BCUT2D eigenvalue weighted by Gasteiger charge is 2.20. The molecule has 1 amide bonds. The number of ether oxygens (including phenoxy) is 1. The van der Waals surface area contributed by atoms with Crippen LogP contribution in [0.5, 0.6) is 5.75 Å². The number of pyridine rings is 1. The maximum atomic E-state index is 12.8. The van der Waals surface area contributed by atoms with Crippen molar-refractivity contribution in [2.45, 2.75) is 25.7 Å². The molecule has 0 spiro atoms. The Labute approximate surface area is 197 Å². The van der Waals surface area contributed by atoms with E-state index in [-0.39, 0.29) is 5.91 Å². The summed E-state index contributed by atoms with van der Waals surface area (Å²) in [5.74, 6) is 0.569. The zero-order valence-electron chi connectivity index (χ0n) is 18.3. The standard InChI is InChI=1S/C27H24ClN3O2/c1-33-25-12-5-4-11-24(25)31-26-20-9-2-3-10-22(20)30-23-14-13-19(16-21(23)26)29-27(32)17-7-6-8-18(28)15-17/h4-8,11-16H,2-3,9-10H2,1H3,(H,29,32)(H,30,31). The zero-order valence-corrected chi connectivity index (χ0v) is 19.1. The Balaban J connectivity index is 1.58. The highest BCUT2D eigenvalue weighted by molar-refractivity contribution is 6.31. The van der Waals surface area contributed by atoms with Gasteiger partial charge in [-0.15, -0.1) is 0 Å². The third-order valence-corrected chi connectivity index (χ3v) is 6.21. The maximum Gasteiger partial charge on any atom is 0.255 e. The number of aromatic nitrogens is 1. The van der Waals surface area contributed by atoms with Crippen molar-refractivity contribution in [1.82, 2.24) is 4.98 Å². The smallest absolute Gasteiger partial charge is 0.255 e. The average molecular weight is 458 g/mol. The molecule has 166 valence electrons. The molecular formula is C27H24ClN3O2. The quantitative estimate of drug-likeness (QED) is 0.347. The monoisotopic (exact) mass is 457 g/mol. The molecule has 0 fully saturated rings. The number of fused-ring (bicyclic) bond motifs is 2. The third kappa shape index (κ3) is 4.37. The summed E-state index contributed by atoms with van der Waals surface area (Å²) in [5, 5.41) is 8.10. The number of hydrogen-bond acceptors (Lipinski definition) is 4. The molecule has 0 bridgehead atoms. The molecule has 0 atom stereocenters. The molecule has 1 aromatic heterocycles. The van der Waals surface area contributed by atoms with Crippen LogP contribution in [0.1, 0.15) is 34.5 Å². The summed E-state index contributed by atoms with van der Waals surface area (Å²) in [6.07, 6.45) is 4.22. The average Bonchev–Trinajstić information content (AvgIpc) is 2.84. The minimum Gasteiger partial charge on any atom is -0.495 e. The predicted molar refractivity (Wildman–Crippen MR) is 134 cm³/mol. The van der Waals surface area contributed by atoms with E-state index in [4.69, 9.17) is 21.3 Å². The number of rotatable bonds is 5. The van der Waals surface area contributed by atoms with Crippen LogP contribution in [0.2, 0.25) is 5.02 Å². The van der Waals surface area contributed by atoms with E-state index < -0.39 is 0 Å². The SMILES string of the molecule is COc1ccccc1Nc1c2c(nc3ccc(NC(=O)c4cccc(Cl)c4)cc13)CCCC2. The Hall–Kier alpha value is -3.57. The first-order valence-corrected chi connectivity index (χ1v) is 11.4. The summed E-state index contributed by atoms with van der Waals surface area (Å²) in [5.41, 5.74) is 6.41. The second-order valence-corrected chi connectivity index (χ2v) is 8.58. The lowest BCUT2D eigenvalue weighted by atomic mass is 9.92. The van der Waals surface area contributed by atoms with Crippen LogP contribution in [0.15, 0.2) is 66.7 Å². The summed E-state index contributed by atoms with van der Waals surface area (Å²) in [6.45, 7) is 0. The number of carbonyl (C=O) groups is 1. The van der Waals surface area contributed by atoms with E-state index in [1.165, 1.54) is 5.56 Å². The van der Waals surface area contributed by atoms with Crippen LogP contribution in [0, 0.1) is 0 Å². The number of nitrogens with zero attached hydrogens (tertiary/aromatic N) is 1. The fourth-order valence-corrected chi connectivity index (χ4v) is 4.55. The zero-order chi connectivity index (χ0) is 22.8. The molecule has 0 aliphatic heterocycles. The third-order valence-electron chi connectivity index (χ3n) is 5.97. The van der Waals surface area contributed by atoms with Crippen molar-refractivity contribution in [2.24, 2.45) is 0 Å². The lowest BCUT2D eigenvalue weighted by molar-refractivity contribution is 0.102. The van der Waals surface area contributed by atoms with Gasteiger partial charge in [-0.25, -0.2) is 0 Å². The Morgan fingerprint density at radius 2 is 1.85 bits per heavy atom. The number of aryl methyl sites for hydroxylation is 1. The van der Waals surface area contributed by atoms with Crippen molar-refractivity contribution in [3.05, 3.63) is 88.6 Å². The van der Waals surface area contributed by atoms with Gasteiger partial charge in [0.15, 0.2) is 0 Å². The number of amides is 1. The van der Waals surface area contributed by atoms with Gasteiger partial charge in [-0.3, -0.25) is 9.78 Å². The lowest BCUT2D eigenvalue weighted by Gasteiger charge is -2.23.